The summed E-state index contributed by atoms with van der Waals surface area (Å²) >= 11 is 1.25. The Morgan fingerprint density at radius 2 is 1.86 bits per heavy atom. The van der Waals surface area contributed by atoms with E-state index < -0.39 is 5.97 Å². The van der Waals surface area contributed by atoms with Crippen molar-refractivity contribution in [3.05, 3.63) is 39.0 Å². The van der Waals surface area contributed by atoms with Crippen LogP contribution >= 0.6 is 11.3 Å². The number of carboxylic acid groups (broad SMARTS) is 1. The number of carboxylic acids is 1. The van der Waals surface area contributed by atoms with Crippen molar-refractivity contribution in [3.8, 4) is 0 Å². The Morgan fingerprint density at radius 1 is 1.19 bits per heavy atom. The van der Waals surface area contributed by atoms with Crippen molar-refractivity contribution < 1.29 is 14.7 Å². The second-order valence-corrected chi connectivity index (χ2v) is 5.96. The van der Waals surface area contributed by atoms with Gasteiger partial charge in [0.15, 0.2) is 0 Å². The van der Waals surface area contributed by atoms with Crippen LogP contribution in [-0.4, -0.2) is 27.2 Å². The number of carbonyl (C=O) groups excluding carboxylic acids is 1. The maximum absolute atomic E-state index is 12.3. The summed E-state index contributed by atoms with van der Waals surface area (Å²) in [6, 6.07) is 1.63. The Balaban J connectivity index is 2.38. The normalized spacial score (nSPS) is 10.5. The molecule has 1 amide bonds. The van der Waals surface area contributed by atoms with Gasteiger partial charge in [-0.05, 0) is 39.3 Å². The Bertz CT molecular complexity index is 737. The average Bonchev–Trinajstić information content (AvgIpc) is 2.67. The summed E-state index contributed by atoms with van der Waals surface area (Å²) in [4.78, 5) is 24.5. The number of aromatic nitrogens is 2. The second-order valence-electron chi connectivity index (χ2n) is 4.73. The molecule has 0 aliphatic heterocycles. The number of nitrogens with one attached hydrogen (secondary N) is 1. The first-order chi connectivity index (χ1) is 9.81. The molecule has 0 aromatic carbocycles. The second kappa shape index (κ2) is 5.61. The Morgan fingerprint density at radius 3 is 2.48 bits per heavy atom. The molecule has 7 heteroatoms. The molecule has 0 aliphatic rings. The minimum Gasteiger partial charge on any atom is -0.478 e. The summed E-state index contributed by atoms with van der Waals surface area (Å²) < 4.78 is 0. The van der Waals surface area contributed by atoms with E-state index in [0.717, 1.165) is 4.88 Å². The van der Waals surface area contributed by atoms with Gasteiger partial charge in [-0.25, -0.2) is 4.79 Å². The zero-order valence-corrected chi connectivity index (χ0v) is 13.0. The number of nitrogens with zero attached hydrogens (tertiary/aromatic N) is 2. The van der Waals surface area contributed by atoms with Crippen molar-refractivity contribution in [2.45, 2.75) is 27.7 Å². The average molecular weight is 305 g/mol. The molecule has 6 nitrogen and oxygen atoms in total. The molecular formula is C14H15N3O3S. The van der Waals surface area contributed by atoms with Gasteiger partial charge in [0.1, 0.15) is 5.00 Å². The molecular weight excluding hydrogens is 290 g/mol. The van der Waals surface area contributed by atoms with Crippen molar-refractivity contribution in [2.75, 3.05) is 5.32 Å². The molecule has 0 radical (unpaired) electrons. The van der Waals surface area contributed by atoms with E-state index in [2.05, 4.69) is 15.5 Å². The first-order valence-electron chi connectivity index (χ1n) is 6.26. The van der Waals surface area contributed by atoms with Crippen LogP contribution in [0.1, 0.15) is 42.5 Å². The third-order valence-electron chi connectivity index (χ3n) is 3.17. The molecule has 0 spiro atoms. The highest BCUT2D eigenvalue weighted by Gasteiger charge is 2.21. The molecule has 2 aromatic heterocycles. The lowest BCUT2D eigenvalue weighted by molar-refractivity contribution is 0.0697. The lowest BCUT2D eigenvalue weighted by Gasteiger charge is -2.07. The minimum atomic E-state index is -1.05. The van der Waals surface area contributed by atoms with Crippen LogP contribution in [0, 0.1) is 27.7 Å². The number of thiophene rings is 1. The fourth-order valence-corrected chi connectivity index (χ4v) is 2.97. The fourth-order valence-electron chi connectivity index (χ4n) is 1.92. The van der Waals surface area contributed by atoms with Crippen molar-refractivity contribution in [2.24, 2.45) is 0 Å². The van der Waals surface area contributed by atoms with Crippen molar-refractivity contribution >= 4 is 28.2 Å². The van der Waals surface area contributed by atoms with Gasteiger partial charge in [-0.1, -0.05) is 0 Å². The Kier molecular flexibility index (Phi) is 4.04. The monoisotopic (exact) mass is 305 g/mol. The van der Waals surface area contributed by atoms with Crippen LogP contribution in [0.5, 0.6) is 0 Å². The van der Waals surface area contributed by atoms with Crippen molar-refractivity contribution in [3.63, 3.8) is 0 Å². The fraction of sp³-hybridized carbons (Fsp3) is 0.286. The molecule has 0 saturated carbocycles. The molecule has 0 atom stereocenters. The molecule has 2 aromatic rings. The predicted molar refractivity (Wildman–Crippen MR) is 80.2 cm³/mol. The van der Waals surface area contributed by atoms with Crippen LogP contribution in [-0.2, 0) is 0 Å². The van der Waals surface area contributed by atoms with Crippen molar-refractivity contribution in [1.82, 2.24) is 10.2 Å². The molecule has 0 bridgehead atoms. The van der Waals surface area contributed by atoms with E-state index in [4.69, 9.17) is 0 Å². The number of rotatable bonds is 3. The predicted octanol–water partition coefficient (Wildman–Crippen LogP) is 2.72. The zero-order valence-electron chi connectivity index (χ0n) is 12.1. The zero-order chi connectivity index (χ0) is 15.7. The van der Waals surface area contributed by atoms with Crippen LogP contribution in [0.3, 0.4) is 0 Å². The number of anilines is 1. The van der Waals surface area contributed by atoms with Gasteiger partial charge in [0.25, 0.3) is 5.91 Å². The first kappa shape index (κ1) is 15.1. The SMILES string of the molecule is Cc1cc(C(=O)Nc2sc(C)c(C)c2C(=O)O)c(C)nn1. The summed E-state index contributed by atoms with van der Waals surface area (Å²) in [6.45, 7) is 6.98. The van der Waals surface area contributed by atoms with Gasteiger partial charge in [-0.15, -0.1) is 11.3 Å². The lowest BCUT2D eigenvalue weighted by Crippen LogP contribution is -2.16. The van der Waals surface area contributed by atoms with E-state index in [1.807, 2.05) is 6.92 Å². The van der Waals surface area contributed by atoms with Gasteiger partial charge in [-0.3, -0.25) is 4.79 Å². The topological polar surface area (TPSA) is 92.2 Å². The summed E-state index contributed by atoms with van der Waals surface area (Å²) in [5.74, 6) is -1.43. The summed E-state index contributed by atoms with van der Waals surface area (Å²) in [7, 11) is 0. The minimum absolute atomic E-state index is 0.141. The van der Waals surface area contributed by atoms with Crippen LogP contribution in [0.4, 0.5) is 5.00 Å². The smallest absolute Gasteiger partial charge is 0.338 e. The van der Waals surface area contributed by atoms with Gasteiger partial charge in [0.05, 0.1) is 22.5 Å². The molecule has 110 valence electrons. The third kappa shape index (κ3) is 2.92. The van der Waals surface area contributed by atoms with E-state index >= 15 is 0 Å². The van der Waals surface area contributed by atoms with Gasteiger partial charge in [0, 0.05) is 4.88 Å². The van der Waals surface area contributed by atoms with Gasteiger partial charge < -0.3 is 10.4 Å². The number of amides is 1. The standard InChI is InChI=1S/C14H15N3O3S/c1-6-5-10(8(3)17-16-6)12(18)15-13-11(14(19)20)7(2)9(4)21-13/h5H,1-4H3,(H,15,18)(H,19,20). The number of aryl methyl sites for hydroxylation is 3. The highest BCUT2D eigenvalue weighted by Crippen LogP contribution is 2.32. The van der Waals surface area contributed by atoms with Gasteiger partial charge in [-0.2, -0.15) is 10.2 Å². The molecule has 2 heterocycles. The van der Waals surface area contributed by atoms with Gasteiger partial charge >= 0.3 is 5.97 Å². The van der Waals surface area contributed by atoms with Crippen LogP contribution in [0.15, 0.2) is 6.07 Å². The maximum atomic E-state index is 12.3. The maximum Gasteiger partial charge on any atom is 0.338 e. The molecule has 0 aliphatic carbocycles. The lowest BCUT2D eigenvalue weighted by atomic mass is 10.1. The highest BCUT2D eigenvalue weighted by molar-refractivity contribution is 7.16. The Labute approximate surface area is 125 Å². The number of hydrogen-bond donors (Lipinski definition) is 2. The summed E-state index contributed by atoms with van der Waals surface area (Å²) in [5.41, 5.74) is 2.33. The van der Waals surface area contributed by atoms with Crippen molar-refractivity contribution in [1.29, 1.82) is 0 Å². The third-order valence-corrected chi connectivity index (χ3v) is 4.29. The number of hydrogen-bond acceptors (Lipinski definition) is 5. The highest BCUT2D eigenvalue weighted by atomic mass is 32.1. The molecule has 21 heavy (non-hydrogen) atoms. The van der Waals surface area contributed by atoms with Gasteiger partial charge in [0.2, 0.25) is 0 Å². The van der Waals surface area contributed by atoms with E-state index in [-0.39, 0.29) is 11.5 Å². The van der Waals surface area contributed by atoms with E-state index in [0.29, 0.717) is 27.5 Å². The number of carbonyl (C=O) groups is 2. The van der Waals surface area contributed by atoms with Crippen LogP contribution < -0.4 is 5.32 Å². The number of aromatic carboxylic acids is 1. The van der Waals surface area contributed by atoms with Crippen LogP contribution in [0.25, 0.3) is 0 Å². The molecule has 0 saturated heterocycles. The molecule has 2 rings (SSSR count). The Hall–Kier alpha value is -2.28. The van der Waals surface area contributed by atoms with Crippen LogP contribution in [0.2, 0.25) is 0 Å². The quantitative estimate of drug-likeness (QED) is 0.909. The largest absolute Gasteiger partial charge is 0.478 e. The summed E-state index contributed by atoms with van der Waals surface area (Å²) in [5, 5.41) is 20.1. The van der Waals surface area contributed by atoms with E-state index in [1.54, 1.807) is 26.8 Å². The van der Waals surface area contributed by atoms with E-state index in [1.165, 1.54) is 11.3 Å². The first-order valence-corrected chi connectivity index (χ1v) is 7.08. The molecule has 0 fully saturated rings. The van der Waals surface area contributed by atoms with E-state index in [9.17, 15) is 14.7 Å². The summed E-state index contributed by atoms with van der Waals surface area (Å²) in [6.07, 6.45) is 0. The molecule has 0 unspecified atom stereocenters. The molecule has 2 N–H and O–H groups in total.